The van der Waals surface area contributed by atoms with Crippen LogP contribution < -0.4 is 5.69 Å². The zero-order chi connectivity index (χ0) is 11.7. The van der Waals surface area contributed by atoms with Crippen LogP contribution in [0.3, 0.4) is 0 Å². The Balaban J connectivity index is 2.71. The average molecular weight is 221 g/mol. The van der Waals surface area contributed by atoms with Crippen LogP contribution >= 0.6 is 0 Å². The summed E-state index contributed by atoms with van der Waals surface area (Å²) in [4.78, 5) is 29.2. The lowest BCUT2D eigenvalue weighted by atomic mass is 10.2. The number of hydrogen-bond donors (Lipinski definition) is 2. The summed E-state index contributed by atoms with van der Waals surface area (Å²) in [5, 5.41) is 9.03. The molecule has 84 valence electrons. The smallest absolute Gasteiger partial charge is 0.327 e. The number of imidazole rings is 1. The average Bonchev–Trinajstić information content (AvgIpc) is 2.57. The lowest BCUT2D eigenvalue weighted by Gasteiger charge is -2.10. The zero-order valence-corrected chi connectivity index (χ0v) is 8.67. The number of hydrogen-bond acceptors (Lipinski definition) is 3. The number of aromatic amines is 1. The molecule has 1 atom stereocenters. The van der Waals surface area contributed by atoms with E-state index in [2.05, 4.69) is 9.97 Å². The Hall–Kier alpha value is -2.11. The number of carboxylic acids is 1. The molecule has 6 heteroatoms. The summed E-state index contributed by atoms with van der Waals surface area (Å²) >= 11 is 0. The number of nitrogens with zero attached hydrogens (tertiary/aromatic N) is 2. The van der Waals surface area contributed by atoms with Crippen LogP contribution in [0.5, 0.6) is 0 Å². The highest BCUT2D eigenvalue weighted by molar-refractivity contribution is 5.78. The first-order valence-electron chi connectivity index (χ1n) is 4.92. The summed E-state index contributed by atoms with van der Waals surface area (Å²) in [5.74, 6) is -1.02. The van der Waals surface area contributed by atoms with E-state index in [4.69, 9.17) is 5.11 Å². The van der Waals surface area contributed by atoms with Crippen LogP contribution in [0.15, 0.2) is 23.3 Å². The second-order valence-corrected chi connectivity index (χ2v) is 3.46. The lowest BCUT2D eigenvalue weighted by Crippen LogP contribution is -2.27. The minimum absolute atomic E-state index is 0.344. The van der Waals surface area contributed by atoms with Gasteiger partial charge in [0.15, 0.2) is 0 Å². The molecule has 2 N–H and O–H groups in total. The predicted molar refractivity (Wildman–Crippen MR) is 57.3 cm³/mol. The fraction of sp³-hybridized carbons (Fsp3) is 0.300. The molecule has 2 aromatic heterocycles. The van der Waals surface area contributed by atoms with Crippen molar-refractivity contribution in [3.05, 3.63) is 28.9 Å². The van der Waals surface area contributed by atoms with Crippen LogP contribution in [0.1, 0.15) is 19.4 Å². The van der Waals surface area contributed by atoms with Gasteiger partial charge in [-0.3, -0.25) is 9.55 Å². The minimum atomic E-state index is -1.02. The molecule has 16 heavy (non-hydrogen) atoms. The minimum Gasteiger partial charge on any atom is -0.480 e. The van der Waals surface area contributed by atoms with E-state index in [0.29, 0.717) is 17.5 Å². The van der Waals surface area contributed by atoms with Crippen molar-refractivity contribution in [2.45, 2.75) is 19.4 Å². The Kier molecular flexibility index (Phi) is 2.47. The first kappa shape index (κ1) is 10.4. The Bertz CT molecular complexity index is 584. The van der Waals surface area contributed by atoms with E-state index in [9.17, 15) is 9.59 Å². The highest BCUT2D eigenvalue weighted by Crippen LogP contribution is 2.16. The Labute approximate surface area is 90.5 Å². The molecule has 1 unspecified atom stereocenters. The van der Waals surface area contributed by atoms with E-state index in [1.54, 1.807) is 19.2 Å². The number of carbonyl (C=O) groups is 1. The number of rotatable bonds is 3. The fourth-order valence-electron chi connectivity index (χ4n) is 1.75. The molecular formula is C10H11N3O3. The number of H-pyrrole nitrogens is 1. The monoisotopic (exact) mass is 221 g/mol. The van der Waals surface area contributed by atoms with Gasteiger partial charge in [0.05, 0.1) is 17.2 Å². The second kappa shape index (κ2) is 3.80. The lowest BCUT2D eigenvalue weighted by molar-refractivity contribution is -0.140. The molecule has 0 radical (unpaired) electrons. The molecule has 0 aliphatic heterocycles. The fourth-order valence-corrected chi connectivity index (χ4v) is 1.75. The normalized spacial score (nSPS) is 12.8. The molecule has 0 bridgehead atoms. The van der Waals surface area contributed by atoms with Crippen molar-refractivity contribution in [3.8, 4) is 0 Å². The van der Waals surface area contributed by atoms with Crippen molar-refractivity contribution in [1.29, 1.82) is 0 Å². The van der Waals surface area contributed by atoms with E-state index in [1.165, 1.54) is 10.8 Å². The largest absolute Gasteiger partial charge is 0.480 e. The van der Waals surface area contributed by atoms with Gasteiger partial charge in [-0.1, -0.05) is 6.92 Å². The molecule has 2 rings (SSSR count). The molecular weight excluding hydrogens is 210 g/mol. The van der Waals surface area contributed by atoms with E-state index in [0.717, 1.165) is 0 Å². The van der Waals surface area contributed by atoms with Gasteiger partial charge in [0, 0.05) is 6.20 Å². The van der Waals surface area contributed by atoms with E-state index in [1.807, 2.05) is 0 Å². The number of carboxylic acid groups (broad SMARTS) is 1. The van der Waals surface area contributed by atoms with Crippen molar-refractivity contribution in [1.82, 2.24) is 14.5 Å². The maximum atomic E-state index is 11.7. The third-order valence-electron chi connectivity index (χ3n) is 2.50. The first-order valence-corrected chi connectivity index (χ1v) is 4.92. The molecule has 2 aromatic rings. The van der Waals surface area contributed by atoms with Crippen LogP contribution in [0.25, 0.3) is 11.0 Å². The Morgan fingerprint density at radius 3 is 3.06 bits per heavy atom. The van der Waals surface area contributed by atoms with Crippen LogP contribution in [-0.2, 0) is 4.79 Å². The molecule has 0 aliphatic carbocycles. The zero-order valence-electron chi connectivity index (χ0n) is 8.67. The summed E-state index contributed by atoms with van der Waals surface area (Å²) in [6.45, 7) is 1.72. The van der Waals surface area contributed by atoms with E-state index >= 15 is 0 Å². The summed E-state index contributed by atoms with van der Waals surface area (Å²) in [6.07, 6.45) is 3.38. The van der Waals surface area contributed by atoms with Gasteiger partial charge in [0.25, 0.3) is 0 Å². The van der Waals surface area contributed by atoms with Gasteiger partial charge in [-0.2, -0.15) is 0 Å². The van der Waals surface area contributed by atoms with Gasteiger partial charge in [-0.05, 0) is 12.5 Å². The molecule has 2 heterocycles. The van der Waals surface area contributed by atoms with Crippen LogP contribution in [0.4, 0.5) is 0 Å². The summed E-state index contributed by atoms with van der Waals surface area (Å²) < 4.78 is 1.23. The van der Waals surface area contributed by atoms with Gasteiger partial charge < -0.3 is 10.1 Å². The quantitative estimate of drug-likeness (QED) is 0.800. The van der Waals surface area contributed by atoms with Gasteiger partial charge >= 0.3 is 11.7 Å². The second-order valence-electron chi connectivity index (χ2n) is 3.46. The number of pyridine rings is 1. The molecule has 0 aliphatic rings. The Morgan fingerprint density at radius 1 is 1.69 bits per heavy atom. The molecule has 0 saturated heterocycles. The van der Waals surface area contributed by atoms with Crippen LogP contribution in [0, 0.1) is 0 Å². The van der Waals surface area contributed by atoms with Crippen molar-refractivity contribution in [3.63, 3.8) is 0 Å². The van der Waals surface area contributed by atoms with E-state index in [-0.39, 0.29) is 0 Å². The van der Waals surface area contributed by atoms with E-state index < -0.39 is 17.7 Å². The molecule has 0 spiro atoms. The van der Waals surface area contributed by atoms with Crippen molar-refractivity contribution < 1.29 is 9.90 Å². The molecule has 0 amide bonds. The first-order chi connectivity index (χ1) is 7.65. The SMILES string of the molecule is CCC(C(=O)O)n1c(=O)[nH]c2ccncc21. The van der Waals surface area contributed by atoms with Crippen LogP contribution in [-0.4, -0.2) is 25.6 Å². The predicted octanol–water partition coefficient (Wildman–Crippen LogP) is 0.760. The maximum absolute atomic E-state index is 11.7. The van der Waals surface area contributed by atoms with Gasteiger partial charge in [0.1, 0.15) is 6.04 Å². The standard InChI is InChI=1S/C10H11N3O3/c1-2-7(9(14)15)13-8-5-11-4-3-6(8)12-10(13)16/h3-5,7H,2H2,1H3,(H,12,16)(H,14,15). The highest BCUT2D eigenvalue weighted by atomic mass is 16.4. The van der Waals surface area contributed by atoms with Crippen molar-refractivity contribution in [2.75, 3.05) is 0 Å². The molecule has 0 aromatic carbocycles. The summed E-state index contributed by atoms with van der Waals surface area (Å²) in [5.41, 5.74) is 0.693. The third-order valence-corrected chi connectivity index (χ3v) is 2.50. The number of fused-ring (bicyclic) bond motifs is 1. The molecule has 0 fully saturated rings. The Morgan fingerprint density at radius 2 is 2.44 bits per heavy atom. The highest BCUT2D eigenvalue weighted by Gasteiger charge is 2.21. The van der Waals surface area contributed by atoms with Crippen molar-refractivity contribution >= 4 is 17.0 Å². The maximum Gasteiger partial charge on any atom is 0.327 e. The summed E-state index contributed by atoms with van der Waals surface area (Å²) in [7, 11) is 0. The molecule has 0 saturated carbocycles. The van der Waals surface area contributed by atoms with Gasteiger partial charge in [-0.15, -0.1) is 0 Å². The molecule has 6 nitrogen and oxygen atoms in total. The summed E-state index contributed by atoms with van der Waals surface area (Å²) in [6, 6.07) is 0.785. The number of aromatic nitrogens is 3. The van der Waals surface area contributed by atoms with Gasteiger partial charge in [-0.25, -0.2) is 9.59 Å². The van der Waals surface area contributed by atoms with Gasteiger partial charge in [0.2, 0.25) is 0 Å². The third kappa shape index (κ3) is 1.48. The number of aliphatic carboxylic acids is 1. The number of nitrogens with one attached hydrogen (secondary N) is 1. The topological polar surface area (TPSA) is 88.0 Å². The van der Waals surface area contributed by atoms with Crippen molar-refractivity contribution in [2.24, 2.45) is 0 Å². The van der Waals surface area contributed by atoms with Crippen LogP contribution in [0.2, 0.25) is 0 Å².